The third-order valence-electron chi connectivity index (χ3n) is 3.63. The van der Waals surface area contributed by atoms with Gasteiger partial charge >= 0.3 is 0 Å². The normalized spacial score (nSPS) is 23.0. The Morgan fingerprint density at radius 2 is 2.28 bits per heavy atom. The van der Waals surface area contributed by atoms with Gasteiger partial charge in [-0.3, -0.25) is 4.68 Å². The summed E-state index contributed by atoms with van der Waals surface area (Å²) in [6.45, 7) is 4.41. The van der Waals surface area contributed by atoms with Gasteiger partial charge < -0.3 is 10.3 Å². The van der Waals surface area contributed by atoms with Gasteiger partial charge in [-0.05, 0) is 11.8 Å². The molecule has 2 unspecified atom stereocenters. The fourth-order valence-electron chi connectivity index (χ4n) is 2.17. The molecule has 2 N–H and O–H groups in total. The molecule has 0 aliphatic heterocycles. The molecule has 1 aliphatic rings. The minimum Gasteiger partial charge on any atom is -0.337 e. The summed E-state index contributed by atoms with van der Waals surface area (Å²) >= 11 is 0. The molecule has 2 aromatic heterocycles. The lowest BCUT2D eigenvalue weighted by Crippen LogP contribution is -2.11. The molecular weight excluding hydrogens is 230 g/mol. The van der Waals surface area contributed by atoms with Crippen molar-refractivity contribution in [2.75, 3.05) is 0 Å². The van der Waals surface area contributed by atoms with E-state index < -0.39 is 6.04 Å². The van der Waals surface area contributed by atoms with Gasteiger partial charge in [0.05, 0.1) is 6.20 Å². The highest BCUT2D eigenvalue weighted by molar-refractivity contribution is 5.19. The highest BCUT2D eigenvalue weighted by Crippen LogP contribution is 2.57. The van der Waals surface area contributed by atoms with E-state index in [4.69, 9.17) is 10.3 Å². The first-order chi connectivity index (χ1) is 8.47. The quantitative estimate of drug-likeness (QED) is 0.885. The lowest BCUT2D eigenvalue weighted by Gasteiger charge is -2.01. The van der Waals surface area contributed by atoms with Crippen molar-refractivity contribution in [1.82, 2.24) is 19.9 Å². The molecule has 6 nitrogen and oxygen atoms in total. The van der Waals surface area contributed by atoms with Crippen molar-refractivity contribution < 1.29 is 4.52 Å². The van der Waals surface area contributed by atoms with Crippen molar-refractivity contribution in [3.05, 3.63) is 29.7 Å². The van der Waals surface area contributed by atoms with Crippen LogP contribution in [0.5, 0.6) is 0 Å². The maximum Gasteiger partial charge on any atom is 0.248 e. The van der Waals surface area contributed by atoms with Crippen LogP contribution in [0.3, 0.4) is 0 Å². The molecule has 1 saturated carbocycles. The monoisotopic (exact) mass is 247 g/mol. The summed E-state index contributed by atoms with van der Waals surface area (Å²) < 4.78 is 6.97. The summed E-state index contributed by atoms with van der Waals surface area (Å²) in [6, 6.07) is -0.401. The Labute approximate surface area is 105 Å². The fraction of sp³-hybridized carbons (Fsp3) is 0.583. The minimum atomic E-state index is -0.401. The van der Waals surface area contributed by atoms with Gasteiger partial charge in [0.2, 0.25) is 5.89 Å². The average Bonchev–Trinajstić information content (AvgIpc) is 2.78. The Morgan fingerprint density at radius 1 is 1.56 bits per heavy atom. The average molecular weight is 247 g/mol. The van der Waals surface area contributed by atoms with Crippen LogP contribution in [0.15, 0.2) is 16.9 Å². The second-order valence-corrected chi connectivity index (χ2v) is 5.66. The van der Waals surface area contributed by atoms with Crippen LogP contribution in [0, 0.1) is 5.41 Å². The Morgan fingerprint density at radius 3 is 2.83 bits per heavy atom. The second-order valence-electron chi connectivity index (χ2n) is 5.66. The van der Waals surface area contributed by atoms with E-state index in [1.54, 1.807) is 10.9 Å². The first kappa shape index (κ1) is 11.4. The topological polar surface area (TPSA) is 82.8 Å². The first-order valence-corrected chi connectivity index (χ1v) is 6.05. The van der Waals surface area contributed by atoms with E-state index in [1.807, 2.05) is 13.2 Å². The van der Waals surface area contributed by atoms with Crippen molar-refractivity contribution in [2.24, 2.45) is 18.2 Å². The lowest BCUT2D eigenvalue weighted by atomic mass is 10.1. The molecule has 0 saturated heterocycles. The zero-order chi connectivity index (χ0) is 12.9. The van der Waals surface area contributed by atoms with E-state index in [0.29, 0.717) is 17.2 Å². The molecule has 1 aliphatic carbocycles. The molecular formula is C12H17N5O. The standard InChI is InChI=1S/C12H17N5O/c1-12(2)4-8(12)10-15-11(18-16-10)9(13)7-5-14-17(3)6-7/h5-6,8-9H,4,13H2,1-3H3. The van der Waals surface area contributed by atoms with Crippen LogP contribution in [0.2, 0.25) is 0 Å². The summed E-state index contributed by atoms with van der Waals surface area (Å²) in [4.78, 5) is 4.41. The number of nitrogens with zero attached hydrogens (tertiary/aromatic N) is 4. The molecule has 6 heteroatoms. The molecule has 2 atom stereocenters. The number of rotatable bonds is 3. The Kier molecular flexibility index (Phi) is 2.31. The lowest BCUT2D eigenvalue weighted by molar-refractivity contribution is 0.361. The summed E-state index contributed by atoms with van der Waals surface area (Å²) in [5.74, 6) is 1.63. The number of hydrogen-bond donors (Lipinski definition) is 1. The van der Waals surface area contributed by atoms with Crippen LogP contribution in [0.1, 0.15) is 49.5 Å². The molecule has 0 radical (unpaired) electrons. The zero-order valence-electron chi connectivity index (χ0n) is 10.8. The molecule has 0 aromatic carbocycles. The van der Waals surface area contributed by atoms with E-state index >= 15 is 0 Å². The maximum atomic E-state index is 6.08. The number of aryl methyl sites for hydroxylation is 1. The van der Waals surface area contributed by atoms with E-state index in [1.165, 1.54) is 0 Å². The Hall–Kier alpha value is -1.69. The smallest absolute Gasteiger partial charge is 0.248 e. The van der Waals surface area contributed by atoms with Crippen molar-refractivity contribution in [2.45, 2.75) is 32.2 Å². The van der Waals surface area contributed by atoms with Gasteiger partial charge in [-0.2, -0.15) is 10.1 Å². The fourth-order valence-corrected chi connectivity index (χ4v) is 2.17. The van der Waals surface area contributed by atoms with Crippen LogP contribution < -0.4 is 5.73 Å². The van der Waals surface area contributed by atoms with Gasteiger partial charge in [0.15, 0.2) is 5.82 Å². The van der Waals surface area contributed by atoms with Crippen LogP contribution in [-0.4, -0.2) is 19.9 Å². The summed E-state index contributed by atoms with van der Waals surface area (Å²) in [6.07, 6.45) is 4.68. The largest absolute Gasteiger partial charge is 0.337 e. The SMILES string of the molecule is Cn1cc(C(N)c2nc(C3CC3(C)C)no2)cn1. The highest BCUT2D eigenvalue weighted by atomic mass is 16.5. The number of nitrogens with two attached hydrogens (primary N) is 1. The molecule has 0 amide bonds. The molecule has 96 valence electrons. The van der Waals surface area contributed by atoms with Gasteiger partial charge in [0.1, 0.15) is 6.04 Å². The van der Waals surface area contributed by atoms with Gasteiger partial charge in [-0.1, -0.05) is 19.0 Å². The summed E-state index contributed by atoms with van der Waals surface area (Å²) in [5.41, 5.74) is 7.25. The van der Waals surface area contributed by atoms with Crippen LogP contribution in [0.25, 0.3) is 0 Å². The maximum absolute atomic E-state index is 6.08. The molecule has 0 bridgehead atoms. The van der Waals surface area contributed by atoms with Crippen LogP contribution in [0.4, 0.5) is 0 Å². The first-order valence-electron chi connectivity index (χ1n) is 6.05. The molecule has 2 heterocycles. The molecule has 3 rings (SSSR count). The third kappa shape index (κ3) is 1.82. The Balaban J connectivity index is 1.81. The number of aromatic nitrogens is 4. The minimum absolute atomic E-state index is 0.291. The summed E-state index contributed by atoms with van der Waals surface area (Å²) in [7, 11) is 1.85. The van der Waals surface area contributed by atoms with Gasteiger partial charge in [-0.15, -0.1) is 0 Å². The van der Waals surface area contributed by atoms with E-state index in [9.17, 15) is 0 Å². The van der Waals surface area contributed by atoms with Crippen molar-refractivity contribution in [3.63, 3.8) is 0 Å². The molecule has 2 aromatic rings. The molecule has 18 heavy (non-hydrogen) atoms. The molecule has 0 spiro atoms. The van der Waals surface area contributed by atoms with Crippen molar-refractivity contribution in [3.8, 4) is 0 Å². The van der Waals surface area contributed by atoms with Crippen molar-refractivity contribution >= 4 is 0 Å². The predicted molar refractivity (Wildman–Crippen MR) is 64.7 cm³/mol. The van der Waals surface area contributed by atoms with E-state index in [0.717, 1.165) is 17.8 Å². The van der Waals surface area contributed by atoms with Gasteiger partial charge in [0, 0.05) is 24.7 Å². The second kappa shape index (κ2) is 3.65. The summed E-state index contributed by atoms with van der Waals surface area (Å²) in [5, 5.41) is 8.12. The Bertz CT molecular complexity index is 571. The zero-order valence-corrected chi connectivity index (χ0v) is 10.8. The van der Waals surface area contributed by atoms with E-state index in [2.05, 4.69) is 29.1 Å². The van der Waals surface area contributed by atoms with Gasteiger partial charge in [-0.25, -0.2) is 0 Å². The third-order valence-corrected chi connectivity index (χ3v) is 3.63. The highest BCUT2D eigenvalue weighted by Gasteiger charge is 2.49. The van der Waals surface area contributed by atoms with Crippen LogP contribution >= 0.6 is 0 Å². The predicted octanol–water partition coefficient (Wildman–Crippen LogP) is 1.36. The molecule has 1 fully saturated rings. The number of hydrogen-bond acceptors (Lipinski definition) is 5. The van der Waals surface area contributed by atoms with Gasteiger partial charge in [0.25, 0.3) is 0 Å². The van der Waals surface area contributed by atoms with Crippen LogP contribution in [-0.2, 0) is 7.05 Å². The van der Waals surface area contributed by atoms with Crippen molar-refractivity contribution in [1.29, 1.82) is 0 Å². The van der Waals surface area contributed by atoms with E-state index in [-0.39, 0.29) is 0 Å².